The average molecular weight is 383 g/mol. The number of piperidine rings is 1. The van der Waals surface area contributed by atoms with E-state index in [4.69, 9.17) is 4.74 Å². The van der Waals surface area contributed by atoms with Gasteiger partial charge in [0, 0.05) is 57.0 Å². The number of rotatable bonds is 5. The fourth-order valence-corrected chi connectivity index (χ4v) is 4.41. The fourth-order valence-electron chi connectivity index (χ4n) is 4.41. The first kappa shape index (κ1) is 19.3. The minimum absolute atomic E-state index is 0.0106. The summed E-state index contributed by atoms with van der Waals surface area (Å²) in [4.78, 5) is 11.2. The molecule has 2 N–H and O–H groups in total. The topological polar surface area (TPSA) is 70.5 Å². The van der Waals surface area contributed by atoms with Crippen LogP contribution in [0.5, 0.6) is 0 Å². The zero-order valence-electron chi connectivity index (χ0n) is 16.6. The number of aromatic nitrogens is 2. The molecule has 2 atom stereocenters. The molecule has 0 radical (unpaired) electrons. The van der Waals surface area contributed by atoms with Crippen molar-refractivity contribution in [1.82, 2.24) is 14.9 Å². The van der Waals surface area contributed by atoms with Gasteiger partial charge >= 0.3 is 0 Å². The molecule has 3 heterocycles. The first-order valence-corrected chi connectivity index (χ1v) is 10.3. The predicted molar refractivity (Wildman–Crippen MR) is 109 cm³/mol. The molecule has 0 unspecified atom stereocenters. The molecule has 0 saturated carbocycles. The standard InChI is InChI=1S/C22H30N4O2/c1-2-23-21-24-14-17(15-25-21)16-26-10-8-22(9-11-26)13-19(27)12-20(28-22)18-6-4-3-5-7-18/h3-7,14-15,19-20,27H,2,8-13,16H2,1H3,(H,23,24,25)/t19-,20-/m1/s1. The molecule has 4 rings (SSSR count). The van der Waals surface area contributed by atoms with Crippen LogP contribution in [0.1, 0.15) is 49.8 Å². The summed E-state index contributed by atoms with van der Waals surface area (Å²) in [6.07, 6.45) is 6.83. The molecule has 1 aromatic carbocycles. The Hall–Kier alpha value is -2.02. The summed E-state index contributed by atoms with van der Waals surface area (Å²) in [6.45, 7) is 5.64. The highest BCUT2D eigenvalue weighted by Gasteiger charge is 2.43. The number of nitrogens with zero attached hydrogens (tertiary/aromatic N) is 3. The van der Waals surface area contributed by atoms with Gasteiger partial charge in [-0.1, -0.05) is 30.3 Å². The summed E-state index contributed by atoms with van der Waals surface area (Å²) in [5.74, 6) is 0.681. The fraction of sp³-hybridized carbons (Fsp3) is 0.545. The van der Waals surface area contributed by atoms with Crippen LogP contribution in [0, 0.1) is 0 Å². The predicted octanol–water partition coefficient (Wildman–Crippen LogP) is 3.16. The zero-order valence-corrected chi connectivity index (χ0v) is 16.6. The van der Waals surface area contributed by atoms with Gasteiger partial charge in [0.1, 0.15) is 0 Å². The van der Waals surface area contributed by atoms with E-state index in [0.717, 1.165) is 51.0 Å². The minimum atomic E-state index is -0.294. The number of hydrogen-bond donors (Lipinski definition) is 2. The van der Waals surface area contributed by atoms with Gasteiger partial charge in [0.15, 0.2) is 0 Å². The third-order valence-electron chi connectivity index (χ3n) is 5.87. The van der Waals surface area contributed by atoms with Crippen LogP contribution in [-0.2, 0) is 11.3 Å². The Balaban J connectivity index is 1.35. The van der Waals surface area contributed by atoms with Crippen molar-refractivity contribution in [1.29, 1.82) is 0 Å². The van der Waals surface area contributed by atoms with E-state index in [1.807, 2.05) is 37.5 Å². The zero-order chi connectivity index (χ0) is 19.4. The van der Waals surface area contributed by atoms with Crippen LogP contribution >= 0.6 is 0 Å². The van der Waals surface area contributed by atoms with Crippen molar-refractivity contribution in [3.05, 3.63) is 53.9 Å². The van der Waals surface area contributed by atoms with Crippen molar-refractivity contribution in [3.8, 4) is 0 Å². The van der Waals surface area contributed by atoms with E-state index >= 15 is 0 Å². The Morgan fingerprint density at radius 3 is 2.57 bits per heavy atom. The van der Waals surface area contributed by atoms with Gasteiger partial charge < -0.3 is 15.2 Å². The Labute approximate surface area is 167 Å². The molecule has 0 amide bonds. The number of anilines is 1. The molecule has 1 aromatic heterocycles. The molecule has 2 fully saturated rings. The van der Waals surface area contributed by atoms with Crippen molar-refractivity contribution < 1.29 is 9.84 Å². The molecular weight excluding hydrogens is 352 g/mol. The summed E-state index contributed by atoms with van der Waals surface area (Å²) in [7, 11) is 0. The molecule has 2 aliphatic rings. The molecule has 2 aromatic rings. The summed E-state index contributed by atoms with van der Waals surface area (Å²) in [5.41, 5.74) is 2.09. The monoisotopic (exact) mass is 382 g/mol. The van der Waals surface area contributed by atoms with E-state index in [2.05, 4.69) is 32.3 Å². The lowest BCUT2D eigenvalue weighted by molar-refractivity contribution is -0.184. The molecule has 2 saturated heterocycles. The summed E-state index contributed by atoms with van der Waals surface area (Å²) in [6, 6.07) is 10.3. The Morgan fingerprint density at radius 2 is 1.89 bits per heavy atom. The molecule has 0 bridgehead atoms. The number of hydrogen-bond acceptors (Lipinski definition) is 6. The maximum atomic E-state index is 10.5. The Bertz CT molecular complexity index is 745. The number of ether oxygens (including phenoxy) is 1. The number of benzene rings is 1. The van der Waals surface area contributed by atoms with Crippen LogP contribution in [-0.4, -0.2) is 51.3 Å². The van der Waals surface area contributed by atoms with Gasteiger partial charge in [-0.25, -0.2) is 9.97 Å². The molecule has 0 aliphatic carbocycles. The number of nitrogens with one attached hydrogen (secondary N) is 1. The maximum Gasteiger partial charge on any atom is 0.222 e. The van der Waals surface area contributed by atoms with Gasteiger partial charge in [0.2, 0.25) is 5.95 Å². The highest BCUT2D eigenvalue weighted by atomic mass is 16.5. The molecule has 6 nitrogen and oxygen atoms in total. The summed E-state index contributed by atoms with van der Waals surface area (Å²) >= 11 is 0. The molecular formula is C22H30N4O2. The normalized spacial score (nSPS) is 24.9. The van der Waals surface area contributed by atoms with Crippen LogP contribution in [0.15, 0.2) is 42.7 Å². The lowest BCUT2D eigenvalue weighted by atomic mass is 9.81. The van der Waals surface area contributed by atoms with Gasteiger partial charge in [-0.15, -0.1) is 0 Å². The van der Waals surface area contributed by atoms with Crippen molar-refractivity contribution in [3.63, 3.8) is 0 Å². The van der Waals surface area contributed by atoms with Crippen LogP contribution in [0.4, 0.5) is 5.95 Å². The van der Waals surface area contributed by atoms with E-state index in [1.165, 1.54) is 5.56 Å². The van der Waals surface area contributed by atoms with E-state index < -0.39 is 0 Å². The van der Waals surface area contributed by atoms with Crippen molar-refractivity contribution >= 4 is 5.95 Å². The van der Waals surface area contributed by atoms with Crippen LogP contribution < -0.4 is 5.32 Å². The second kappa shape index (κ2) is 8.55. The third kappa shape index (κ3) is 4.51. The van der Waals surface area contributed by atoms with Gasteiger partial charge in [0.25, 0.3) is 0 Å². The lowest BCUT2D eigenvalue weighted by Crippen LogP contribution is -2.50. The second-order valence-corrected chi connectivity index (χ2v) is 8.02. The first-order chi connectivity index (χ1) is 13.7. The van der Waals surface area contributed by atoms with Gasteiger partial charge in [0.05, 0.1) is 17.8 Å². The van der Waals surface area contributed by atoms with Crippen molar-refractivity contribution in [2.24, 2.45) is 0 Å². The highest BCUT2D eigenvalue weighted by molar-refractivity contribution is 5.24. The van der Waals surface area contributed by atoms with E-state index in [9.17, 15) is 5.11 Å². The maximum absolute atomic E-state index is 10.5. The van der Waals surface area contributed by atoms with Crippen LogP contribution in [0.25, 0.3) is 0 Å². The SMILES string of the molecule is CCNc1ncc(CN2CCC3(CC2)C[C@H](O)C[C@H](c2ccccc2)O3)cn1. The summed E-state index contributed by atoms with van der Waals surface area (Å²) < 4.78 is 6.59. The van der Waals surface area contributed by atoms with Crippen molar-refractivity contribution in [2.45, 2.75) is 57.0 Å². The second-order valence-electron chi connectivity index (χ2n) is 8.02. The van der Waals surface area contributed by atoms with Gasteiger partial charge in [-0.3, -0.25) is 4.90 Å². The number of aliphatic hydroxyl groups excluding tert-OH is 1. The van der Waals surface area contributed by atoms with E-state index in [-0.39, 0.29) is 17.8 Å². The van der Waals surface area contributed by atoms with Gasteiger partial charge in [-0.05, 0) is 25.3 Å². The molecule has 1 spiro atoms. The van der Waals surface area contributed by atoms with Crippen LogP contribution in [0.3, 0.4) is 0 Å². The first-order valence-electron chi connectivity index (χ1n) is 10.3. The molecule has 150 valence electrons. The lowest BCUT2D eigenvalue weighted by Gasteiger charge is -2.48. The largest absolute Gasteiger partial charge is 0.393 e. The smallest absolute Gasteiger partial charge is 0.222 e. The van der Waals surface area contributed by atoms with Gasteiger partial charge in [-0.2, -0.15) is 0 Å². The number of aliphatic hydroxyl groups is 1. The quantitative estimate of drug-likeness (QED) is 0.828. The highest BCUT2D eigenvalue weighted by Crippen LogP contribution is 2.43. The molecule has 28 heavy (non-hydrogen) atoms. The number of likely N-dealkylation sites (tertiary alicyclic amines) is 1. The minimum Gasteiger partial charge on any atom is -0.393 e. The van der Waals surface area contributed by atoms with E-state index in [1.54, 1.807) is 0 Å². The molecule has 2 aliphatic heterocycles. The average Bonchev–Trinajstić information content (AvgIpc) is 2.72. The summed E-state index contributed by atoms with van der Waals surface area (Å²) in [5, 5.41) is 13.6. The Kier molecular flexibility index (Phi) is 5.90. The van der Waals surface area contributed by atoms with Crippen LogP contribution in [0.2, 0.25) is 0 Å². The van der Waals surface area contributed by atoms with Crippen molar-refractivity contribution in [2.75, 3.05) is 25.0 Å². The Morgan fingerprint density at radius 1 is 1.18 bits per heavy atom. The van der Waals surface area contributed by atoms with E-state index in [0.29, 0.717) is 12.4 Å². The molecule has 6 heteroatoms. The third-order valence-corrected chi connectivity index (χ3v) is 5.87.